The minimum Gasteiger partial charge on any atom is -0.507 e. The second-order valence-electron chi connectivity index (χ2n) is 7.25. The number of carbonyl (C=O) groups is 1. The third-order valence-corrected chi connectivity index (χ3v) is 5.28. The predicted octanol–water partition coefficient (Wildman–Crippen LogP) is 4.31. The molecule has 0 aliphatic carbocycles. The van der Waals surface area contributed by atoms with Gasteiger partial charge in [-0.1, -0.05) is 24.3 Å². The topological polar surface area (TPSA) is 56.7 Å². The van der Waals surface area contributed by atoms with Crippen LogP contribution in [-0.4, -0.2) is 47.1 Å². The Morgan fingerprint density at radius 3 is 2.37 bits per heavy atom. The molecule has 0 radical (unpaired) electrons. The molecule has 156 valence electrons. The summed E-state index contributed by atoms with van der Waals surface area (Å²) in [5, 5.41) is 12.1. The van der Waals surface area contributed by atoms with E-state index in [4.69, 9.17) is 0 Å². The molecule has 1 fully saturated rings. The maximum absolute atomic E-state index is 13.0. The molecule has 0 spiro atoms. The first-order valence-corrected chi connectivity index (χ1v) is 9.62. The summed E-state index contributed by atoms with van der Waals surface area (Å²) >= 11 is 0. The Morgan fingerprint density at radius 2 is 1.70 bits per heavy atom. The molecule has 8 heteroatoms. The van der Waals surface area contributed by atoms with E-state index in [1.165, 1.54) is 6.07 Å². The highest BCUT2D eigenvalue weighted by Crippen LogP contribution is 2.30. The summed E-state index contributed by atoms with van der Waals surface area (Å²) in [6.45, 7) is 1.89. The Balaban J connectivity index is 1.49. The maximum atomic E-state index is 13.0. The number of phenols is 1. The highest BCUT2D eigenvalue weighted by atomic mass is 19.4. The van der Waals surface area contributed by atoms with E-state index in [1.54, 1.807) is 17.0 Å². The van der Waals surface area contributed by atoms with Gasteiger partial charge in [0.15, 0.2) is 0 Å². The monoisotopic (exact) mass is 415 g/mol. The van der Waals surface area contributed by atoms with E-state index in [2.05, 4.69) is 4.98 Å². The standard InChI is InChI=1S/C22H20F3N3O2/c23-22(24,25)17-6-7-20(26-14-17)27-8-3-9-28(11-10-27)21(30)18-12-15-4-1-2-5-16(15)13-19(18)29/h1-2,4-7,12-14,29H,3,8-11H2. The minimum absolute atomic E-state index is 0.0655. The number of nitrogens with zero attached hydrogens (tertiary/aromatic N) is 3. The number of rotatable bonds is 2. The van der Waals surface area contributed by atoms with E-state index in [9.17, 15) is 23.1 Å². The van der Waals surface area contributed by atoms with E-state index in [0.29, 0.717) is 38.4 Å². The number of anilines is 1. The van der Waals surface area contributed by atoms with E-state index < -0.39 is 11.7 Å². The summed E-state index contributed by atoms with van der Waals surface area (Å²) in [5.74, 6) is 0.121. The molecule has 4 rings (SSSR count). The number of hydrogen-bond donors (Lipinski definition) is 1. The van der Waals surface area contributed by atoms with Crippen LogP contribution in [0.25, 0.3) is 10.8 Å². The largest absolute Gasteiger partial charge is 0.507 e. The van der Waals surface area contributed by atoms with Crippen LogP contribution in [-0.2, 0) is 6.18 Å². The van der Waals surface area contributed by atoms with Crippen LogP contribution in [0.4, 0.5) is 19.0 Å². The van der Waals surface area contributed by atoms with Gasteiger partial charge < -0.3 is 14.9 Å². The molecule has 0 saturated carbocycles. The third-order valence-electron chi connectivity index (χ3n) is 5.28. The summed E-state index contributed by atoms with van der Waals surface area (Å²) in [6, 6.07) is 13.1. The van der Waals surface area contributed by atoms with Crippen LogP contribution in [0, 0.1) is 0 Å². The van der Waals surface area contributed by atoms with Crippen molar-refractivity contribution in [3.8, 4) is 5.75 Å². The first kappa shape index (κ1) is 20.0. The van der Waals surface area contributed by atoms with Crippen molar-refractivity contribution >= 4 is 22.5 Å². The lowest BCUT2D eigenvalue weighted by molar-refractivity contribution is -0.137. The molecule has 5 nitrogen and oxygen atoms in total. The molecule has 1 aliphatic rings. The number of amides is 1. The molecule has 30 heavy (non-hydrogen) atoms. The summed E-state index contributed by atoms with van der Waals surface area (Å²) in [7, 11) is 0. The zero-order chi connectivity index (χ0) is 21.3. The fourth-order valence-corrected chi connectivity index (χ4v) is 3.66. The van der Waals surface area contributed by atoms with Gasteiger partial charge in [0.05, 0.1) is 11.1 Å². The van der Waals surface area contributed by atoms with Crippen LogP contribution in [0.1, 0.15) is 22.3 Å². The Kier molecular flexibility index (Phi) is 5.24. The molecular weight excluding hydrogens is 395 g/mol. The van der Waals surface area contributed by atoms with Gasteiger partial charge in [0, 0.05) is 32.4 Å². The maximum Gasteiger partial charge on any atom is 0.417 e. The van der Waals surface area contributed by atoms with Crippen molar-refractivity contribution in [3.05, 3.63) is 65.9 Å². The number of carbonyl (C=O) groups excluding carboxylic acids is 1. The number of aromatic nitrogens is 1. The second-order valence-corrected chi connectivity index (χ2v) is 7.25. The minimum atomic E-state index is -4.42. The number of alkyl halides is 3. The summed E-state index contributed by atoms with van der Waals surface area (Å²) in [5.41, 5.74) is -0.542. The lowest BCUT2D eigenvalue weighted by Crippen LogP contribution is -2.35. The summed E-state index contributed by atoms with van der Waals surface area (Å²) in [4.78, 5) is 20.5. The fraction of sp³-hybridized carbons (Fsp3) is 0.273. The number of benzene rings is 2. The van der Waals surface area contributed by atoms with Crippen molar-refractivity contribution < 1.29 is 23.1 Å². The van der Waals surface area contributed by atoms with Gasteiger partial charge in [-0.05, 0) is 41.5 Å². The average molecular weight is 415 g/mol. The van der Waals surface area contributed by atoms with Crippen LogP contribution in [0.5, 0.6) is 5.75 Å². The normalized spacial score (nSPS) is 15.3. The van der Waals surface area contributed by atoms with Crippen LogP contribution < -0.4 is 4.90 Å². The van der Waals surface area contributed by atoms with Crippen molar-refractivity contribution in [2.45, 2.75) is 12.6 Å². The molecule has 1 aliphatic heterocycles. The van der Waals surface area contributed by atoms with Gasteiger partial charge >= 0.3 is 6.18 Å². The lowest BCUT2D eigenvalue weighted by atomic mass is 10.0. The smallest absolute Gasteiger partial charge is 0.417 e. The highest BCUT2D eigenvalue weighted by Gasteiger charge is 2.31. The first-order valence-electron chi connectivity index (χ1n) is 9.62. The quantitative estimate of drug-likeness (QED) is 0.678. The molecule has 1 saturated heterocycles. The molecule has 0 unspecified atom stereocenters. The van der Waals surface area contributed by atoms with E-state index >= 15 is 0 Å². The van der Waals surface area contributed by atoms with Crippen LogP contribution in [0.2, 0.25) is 0 Å². The molecule has 3 aromatic rings. The van der Waals surface area contributed by atoms with Gasteiger partial charge in [-0.25, -0.2) is 4.98 Å². The average Bonchev–Trinajstić information content (AvgIpc) is 2.98. The predicted molar refractivity (Wildman–Crippen MR) is 108 cm³/mol. The molecule has 0 bridgehead atoms. The van der Waals surface area contributed by atoms with Crippen molar-refractivity contribution in [1.82, 2.24) is 9.88 Å². The molecule has 1 amide bonds. The van der Waals surface area contributed by atoms with Gasteiger partial charge in [0.25, 0.3) is 5.91 Å². The number of pyridine rings is 1. The van der Waals surface area contributed by atoms with Gasteiger partial charge in [0.2, 0.25) is 0 Å². The molecule has 0 atom stereocenters. The van der Waals surface area contributed by atoms with Gasteiger partial charge in [-0.15, -0.1) is 0 Å². The zero-order valence-electron chi connectivity index (χ0n) is 16.1. The number of hydrogen-bond acceptors (Lipinski definition) is 4. The first-order chi connectivity index (χ1) is 14.3. The molecular formula is C22H20F3N3O2. The fourth-order valence-electron chi connectivity index (χ4n) is 3.66. The molecule has 1 N–H and O–H groups in total. The molecule has 2 aromatic carbocycles. The van der Waals surface area contributed by atoms with Gasteiger partial charge in [-0.2, -0.15) is 13.2 Å². The number of fused-ring (bicyclic) bond motifs is 1. The zero-order valence-corrected chi connectivity index (χ0v) is 16.1. The van der Waals surface area contributed by atoms with Crippen LogP contribution in [0.15, 0.2) is 54.7 Å². The number of phenolic OH excluding ortho intramolecular Hbond substituents is 1. The van der Waals surface area contributed by atoms with E-state index in [-0.39, 0.29) is 17.2 Å². The Hall–Kier alpha value is -3.29. The molecule has 2 heterocycles. The van der Waals surface area contributed by atoms with Crippen LogP contribution in [0.3, 0.4) is 0 Å². The van der Waals surface area contributed by atoms with Crippen molar-refractivity contribution in [1.29, 1.82) is 0 Å². The van der Waals surface area contributed by atoms with Crippen LogP contribution >= 0.6 is 0 Å². The van der Waals surface area contributed by atoms with Crippen molar-refractivity contribution in [2.75, 3.05) is 31.1 Å². The number of aromatic hydroxyl groups is 1. The summed E-state index contributed by atoms with van der Waals surface area (Å²) < 4.78 is 38.2. The highest BCUT2D eigenvalue weighted by molar-refractivity contribution is 6.01. The third kappa shape index (κ3) is 4.03. The lowest BCUT2D eigenvalue weighted by Gasteiger charge is -2.23. The second kappa shape index (κ2) is 7.85. The number of halogens is 3. The van der Waals surface area contributed by atoms with E-state index in [0.717, 1.165) is 23.0 Å². The SMILES string of the molecule is O=C(c1cc2ccccc2cc1O)N1CCCN(c2ccc(C(F)(F)F)cn2)CC1. The Labute approximate surface area is 171 Å². The summed E-state index contributed by atoms with van der Waals surface area (Å²) in [6.07, 6.45) is -2.95. The Bertz CT molecular complexity index is 1070. The van der Waals surface area contributed by atoms with Gasteiger partial charge in [-0.3, -0.25) is 4.79 Å². The Morgan fingerprint density at radius 1 is 0.967 bits per heavy atom. The van der Waals surface area contributed by atoms with Crippen molar-refractivity contribution in [3.63, 3.8) is 0 Å². The van der Waals surface area contributed by atoms with Gasteiger partial charge in [0.1, 0.15) is 11.6 Å². The molecule has 1 aromatic heterocycles. The van der Waals surface area contributed by atoms with E-state index in [1.807, 2.05) is 29.2 Å². The van der Waals surface area contributed by atoms with Crippen molar-refractivity contribution in [2.24, 2.45) is 0 Å².